The topological polar surface area (TPSA) is 67.6 Å². The average Bonchev–Trinajstić information content (AvgIpc) is 2.95. The number of nitrogens with one attached hydrogen (secondary N) is 1. The first-order valence-corrected chi connectivity index (χ1v) is 7.79. The van der Waals surface area contributed by atoms with Gasteiger partial charge in [-0.1, -0.05) is 5.16 Å². The molecule has 0 aromatic carbocycles. The van der Waals surface area contributed by atoms with E-state index in [0.717, 1.165) is 63.4 Å². The van der Waals surface area contributed by atoms with Crippen LogP contribution in [0.1, 0.15) is 43.1 Å². The lowest BCUT2D eigenvalue weighted by molar-refractivity contribution is 0.0774. The van der Waals surface area contributed by atoms with Crippen LogP contribution in [-0.4, -0.2) is 48.4 Å². The van der Waals surface area contributed by atoms with Gasteiger partial charge in [0, 0.05) is 44.3 Å². The molecule has 0 radical (unpaired) electrons. The highest BCUT2D eigenvalue weighted by Crippen LogP contribution is 2.28. The Morgan fingerprint density at radius 1 is 1.29 bits per heavy atom. The number of piperidine rings is 1. The number of carbonyl (C=O) groups excluding carboxylic acids is 1. The van der Waals surface area contributed by atoms with Gasteiger partial charge in [-0.25, -0.2) is 4.79 Å². The molecule has 1 aromatic heterocycles. The molecule has 0 saturated carbocycles. The lowest BCUT2D eigenvalue weighted by Gasteiger charge is -2.33. The normalized spacial score (nSPS) is 21.5. The number of ether oxygens (including phenoxy) is 1. The van der Waals surface area contributed by atoms with Crippen molar-refractivity contribution in [3.8, 4) is 0 Å². The maximum absolute atomic E-state index is 12.3. The third-order valence-electron chi connectivity index (χ3n) is 4.38. The van der Waals surface area contributed by atoms with E-state index in [4.69, 9.17) is 9.26 Å². The molecule has 6 heteroatoms. The molecule has 2 aliphatic rings. The fourth-order valence-electron chi connectivity index (χ4n) is 3.05. The van der Waals surface area contributed by atoms with Crippen molar-refractivity contribution in [1.29, 1.82) is 0 Å². The maximum atomic E-state index is 12.3. The third-order valence-corrected chi connectivity index (χ3v) is 4.38. The van der Waals surface area contributed by atoms with Crippen LogP contribution < -0.4 is 5.32 Å². The van der Waals surface area contributed by atoms with E-state index >= 15 is 0 Å². The number of likely N-dealkylation sites (tertiary alicyclic amines) is 1. The SMILES string of the molecule is Cc1cc(C2CCN(C(=O)NC3CCOCC3)CC2)on1. The van der Waals surface area contributed by atoms with Gasteiger partial charge in [-0.05, 0) is 32.6 Å². The van der Waals surface area contributed by atoms with Gasteiger partial charge in [0.05, 0.1) is 5.69 Å². The fraction of sp³-hybridized carbons (Fsp3) is 0.733. The Balaban J connectivity index is 1.47. The van der Waals surface area contributed by atoms with E-state index in [2.05, 4.69) is 10.5 Å². The molecule has 0 spiro atoms. The summed E-state index contributed by atoms with van der Waals surface area (Å²) in [4.78, 5) is 14.2. The van der Waals surface area contributed by atoms with Gasteiger partial charge in [-0.2, -0.15) is 0 Å². The molecule has 2 saturated heterocycles. The molecule has 0 bridgehead atoms. The van der Waals surface area contributed by atoms with Crippen LogP contribution in [0.25, 0.3) is 0 Å². The Hall–Kier alpha value is -1.56. The highest BCUT2D eigenvalue weighted by Gasteiger charge is 2.27. The van der Waals surface area contributed by atoms with Gasteiger partial charge < -0.3 is 19.5 Å². The van der Waals surface area contributed by atoms with Gasteiger partial charge in [0.2, 0.25) is 0 Å². The van der Waals surface area contributed by atoms with Crippen LogP contribution in [-0.2, 0) is 4.74 Å². The molecule has 2 aliphatic heterocycles. The Morgan fingerprint density at radius 3 is 2.62 bits per heavy atom. The first-order valence-electron chi connectivity index (χ1n) is 7.79. The second-order valence-electron chi connectivity index (χ2n) is 5.97. The smallest absolute Gasteiger partial charge is 0.317 e. The lowest BCUT2D eigenvalue weighted by atomic mass is 9.94. The molecule has 3 rings (SSSR count). The van der Waals surface area contributed by atoms with Crippen molar-refractivity contribution in [3.05, 3.63) is 17.5 Å². The standard InChI is InChI=1S/C15H23N3O3/c1-11-10-14(21-17-11)12-2-6-18(7-3-12)15(19)16-13-4-8-20-9-5-13/h10,12-13H,2-9H2,1H3,(H,16,19). The quantitative estimate of drug-likeness (QED) is 0.906. The minimum atomic E-state index is 0.0640. The van der Waals surface area contributed by atoms with E-state index in [1.807, 2.05) is 17.9 Å². The van der Waals surface area contributed by atoms with Crippen LogP contribution in [0.2, 0.25) is 0 Å². The number of aryl methyl sites for hydroxylation is 1. The van der Waals surface area contributed by atoms with Crippen molar-refractivity contribution >= 4 is 6.03 Å². The fourth-order valence-corrected chi connectivity index (χ4v) is 3.05. The summed E-state index contributed by atoms with van der Waals surface area (Å²) in [6.45, 7) is 4.98. The van der Waals surface area contributed by atoms with E-state index in [0.29, 0.717) is 5.92 Å². The molecule has 116 valence electrons. The molecule has 1 aromatic rings. The number of hydrogen-bond acceptors (Lipinski definition) is 4. The molecule has 0 atom stereocenters. The number of nitrogens with zero attached hydrogens (tertiary/aromatic N) is 2. The third kappa shape index (κ3) is 3.56. The number of carbonyl (C=O) groups is 1. The summed E-state index contributed by atoms with van der Waals surface area (Å²) in [6, 6.07) is 2.33. The Kier molecular flexibility index (Phi) is 4.43. The highest BCUT2D eigenvalue weighted by atomic mass is 16.5. The highest BCUT2D eigenvalue weighted by molar-refractivity contribution is 5.74. The zero-order valence-corrected chi connectivity index (χ0v) is 12.5. The van der Waals surface area contributed by atoms with Gasteiger partial charge in [-0.3, -0.25) is 0 Å². The second kappa shape index (κ2) is 6.47. The van der Waals surface area contributed by atoms with Crippen LogP contribution in [0.3, 0.4) is 0 Å². The van der Waals surface area contributed by atoms with Crippen molar-refractivity contribution in [2.75, 3.05) is 26.3 Å². The predicted molar refractivity (Wildman–Crippen MR) is 77.2 cm³/mol. The van der Waals surface area contributed by atoms with Crippen LogP contribution in [0.15, 0.2) is 10.6 Å². The van der Waals surface area contributed by atoms with E-state index in [9.17, 15) is 4.79 Å². The maximum Gasteiger partial charge on any atom is 0.317 e. The first kappa shape index (κ1) is 14.4. The van der Waals surface area contributed by atoms with Crippen LogP contribution >= 0.6 is 0 Å². The van der Waals surface area contributed by atoms with Crippen molar-refractivity contribution < 1.29 is 14.1 Å². The summed E-state index contributed by atoms with van der Waals surface area (Å²) in [6.07, 6.45) is 3.71. The Bertz CT molecular complexity index is 474. The zero-order valence-electron chi connectivity index (χ0n) is 12.5. The Labute approximate surface area is 124 Å². The second-order valence-corrected chi connectivity index (χ2v) is 5.97. The average molecular weight is 293 g/mol. The first-order chi connectivity index (χ1) is 10.2. The van der Waals surface area contributed by atoms with Crippen molar-refractivity contribution in [2.24, 2.45) is 0 Å². The molecule has 0 aliphatic carbocycles. The molecular weight excluding hydrogens is 270 g/mol. The lowest BCUT2D eigenvalue weighted by Crippen LogP contribution is -2.48. The van der Waals surface area contributed by atoms with Crippen LogP contribution in [0.5, 0.6) is 0 Å². The predicted octanol–water partition coefficient (Wildman–Crippen LogP) is 2.05. The molecule has 1 N–H and O–H groups in total. The minimum Gasteiger partial charge on any atom is -0.381 e. The summed E-state index contributed by atoms with van der Waals surface area (Å²) in [5, 5.41) is 7.06. The summed E-state index contributed by atoms with van der Waals surface area (Å²) >= 11 is 0. The van der Waals surface area contributed by atoms with E-state index in [1.165, 1.54) is 0 Å². The summed E-state index contributed by atoms with van der Waals surface area (Å²) < 4.78 is 10.6. The van der Waals surface area contributed by atoms with Gasteiger partial charge in [0.15, 0.2) is 0 Å². The summed E-state index contributed by atoms with van der Waals surface area (Å²) in [5.74, 6) is 1.34. The molecular formula is C15H23N3O3. The van der Waals surface area contributed by atoms with E-state index in [-0.39, 0.29) is 12.1 Å². The van der Waals surface area contributed by atoms with Crippen LogP contribution in [0.4, 0.5) is 4.79 Å². The van der Waals surface area contributed by atoms with E-state index in [1.54, 1.807) is 0 Å². The number of amides is 2. The molecule has 0 unspecified atom stereocenters. The molecule has 6 nitrogen and oxygen atoms in total. The minimum absolute atomic E-state index is 0.0640. The number of hydrogen-bond donors (Lipinski definition) is 1. The molecule has 2 fully saturated rings. The van der Waals surface area contributed by atoms with Gasteiger partial charge in [0.25, 0.3) is 0 Å². The van der Waals surface area contributed by atoms with Gasteiger partial charge in [-0.15, -0.1) is 0 Å². The molecule has 2 amide bonds. The molecule has 21 heavy (non-hydrogen) atoms. The molecule has 3 heterocycles. The van der Waals surface area contributed by atoms with Crippen molar-refractivity contribution in [3.63, 3.8) is 0 Å². The summed E-state index contributed by atoms with van der Waals surface area (Å²) in [7, 11) is 0. The van der Waals surface area contributed by atoms with Gasteiger partial charge >= 0.3 is 6.03 Å². The zero-order chi connectivity index (χ0) is 14.7. The number of rotatable bonds is 2. The number of aromatic nitrogens is 1. The number of urea groups is 1. The van der Waals surface area contributed by atoms with Crippen LogP contribution in [0, 0.1) is 6.92 Å². The largest absolute Gasteiger partial charge is 0.381 e. The van der Waals surface area contributed by atoms with Crippen molar-refractivity contribution in [1.82, 2.24) is 15.4 Å². The van der Waals surface area contributed by atoms with Crippen molar-refractivity contribution in [2.45, 2.75) is 44.6 Å². The summed E-state index contributed by atoms with van der Waals surface area (Å²) in [5.41, 5.74) is 0.921. The Morgan fingerprint density at radius 2 is 2.00 bits per heavy atom. The van der Waals surface area contributed by atoms with Gasteiger partial charge in [0.1, 0.15) is 5.76 Å². The van der Waals surface area contributed by atoms with E-state index < -0.39 is 0 Å². The monoisotopic (exact) mass is 293 g/mol.